The van der Waals surface area contributed by atoms with Crippen LogP contribution in [0, 0.1) is 28.4 Å². The molecule has 150 valence electrons. The molecule has 0 aliphatic carbocycles. The lowest BCUT2D eigenvalue weighted by atomic mass is 10.0. The number of allylic oxidation sites excluding steroid dienone is 1. The third kappa shape index (κ3) is 5.97. The second-order valence-electron chi connectivity index (χ2n) is 6.55. The Morgan fingerprint density at radius 1 is 1.07 bits per heavy atom. The van der Waals surface area contributed by atoms with E-state index in [2.05, 4.69) is 37.3 Å². The van der Waals surface area contributed by atoms with Crippen LogP contribution >= 0.6 is 11.8 Å². The Bertz CT molecular complexity index is 1070. The van der Waals surface area contributed by atoms with Gasteiger partial charge in [-0.05, 0) is 60.5 Å². The van der Waals surface area contributed by atoms with Crippen LogP contribution in [0.15, 0.2) is 77.7 Å². The van der Waals surface area contributed by atoms with Crippen LogP contribution in [0.1, 0.15) is 16.7 Å². The monoisotopic (exact) mass is 416 g/mol. The van der Waals surface area contributed by atoms with Crippen molar-refractivity contribution in [3.05, 3.63) is 99.6 Å². The molecule has 0 spiro atoms. The molecule has 3 aromatic rings. The Balaban J connectivity index is 1.56. The lowest BCUT2D eigenvalue weighted by Crippen LogP contribution is -1.99. The van der Waals surface area contributed by atoms with Crippen molar-refractivity contribution in [1.29, 1.82) is 5.26 Å². The van der Waals surface area contributed by atoms with E-state index in [1.54, 1.807) is 30.0 Å². The minimum Gasteiger partial charge on any atom is -0.493 e. The Kier molecular flexibility index (Phi) is 7.25. The average molecular weight is 417 g/mol. The molecular formula is C24H20N2O3S. The molecule has 0 radical (unpaired) electrons. The van der Waals surface area contributed by atoms with Crippen molar-refractivity contribution in [2.75, 3.05) is 12.4 Å². The van der Waals surface area contributed by atoms with Gasteiger partial charge in [-0.1, -0.05) is 29.8 Å². The first kappa shape index (κ1) is 21.2. The van der Waals surface area contributed by atoms with E-state index in [9.17, 15) is 15.4 Å². The number of ether oxygens (including phenoxy) is 1. The molecule has 30 heavy (non-hydrogen) atoms. The summed E-state index contributed by atoms with van der Waals surface area (Å²) >= 11 is 1.75. The molecule has 0 aromatic heterocycles. The van der Waals surface area contributed by atoms with Gasteiger partial charge in [0.25, 0.3) is 5.69 Å². The van der Waals surface area contributed by atoms with Crippen LogP contribution in [0.3, 0.4) is 0 Å². The van der Waals surface area contributed by atoms with Crippen molar-refractivity contribution in [1.82, 2.24) is 0 Å². The van der Waals surface area contributed by atoms with Crippen LogP contribution in [0.5, 0.6) is 5.75 Å². The maximum absolute atomic E-state index is 10.8. The summed E-state index contributed by atoms with van der Waals surface area (Å²) in [4.78, 5) is 11.5. The van der Waals surface area contributed by atoms with Crippen LogP contribution in [-0.2, 0) is 0 Å². The normalized spacial score (nSPS) is 11.0. The van der Waals surface area contributed by atoms with E-state index < -0.39 is 4.92 Å². The zero-order chi connectivity index (χ0) is 21.3. The minimum absolute atomic E-state index is 0.00178. The topological polar surface area (TPSA) is 76.2 Å². The molecule has 0 bridgehead atoms. The first-order valence-corrected chi connectivity index (χ1v) is 10.3. The quantitative estimate of drug-likeness (QED) is 0.110. The molecular weight excluding hydrogens is 396 g/mol. The fourth-order valence-electron chi connectivity index (χ4n) is 2.72. The zero-order valence-corrected chi connectivity index (χ0v) is 17.3. The number of hydrogen-bond donors (Lipinski definition) is 0. The van der Waals surface area contributed by atoms with Crippen molar-refractivity contribution in [2.24, 2.45) is 0 Å². The van der Waals surface area contributed by atoms with Crippen LogP contribution < -0.4 is 4.74 Å². The fourth-order valence-corrected chi connectivity index (χ4v) is 3.45. The van der Waals surface area contributed by atoms with Gasteiger partial charge in [0, 0.05) is 22.8 Å². The number of rotatable bonds is 8. The van der Waals surface area contributed by atoms with E-state index >= 15 is 0 Å². The van der Waals surface area contributed by atoms with Gasteiger partial charge in [-0.2, -0.15) is 5.26 Å². The van der Waals surface area contributed by atoms with Crippen LogP contribution in [0.25, 0.3) is 11.6 Å². The van der Waals surface area contributed by atoms with Crippen LogP contribution in [-0.4, -0.2) is 17.3 Å². The largest absolute Gasteiger partial charge is 0.493 e. The van der Waals surface area contributed by atoms with Crippen LogP contribution in [0.4, 0.5) is 5.69 Å². The van der Waals surface area contributed by atoms with E-state index in [-0.39, 0.29) is 5.69 Å². The van der Waals surface area contributed by atoms with E-state index in [1.165, 1.54) is 22.6 Å². The lowest BCUT2D eigenvalue weighted by molar-refractivity contribution is -0.384. The second-order valence-corrected chi connectivity index (χ2v) is 7.72. The van der Waals surface area contributed by atoms with Gasteiger partial charge in [0.1, 0.15) is 5.75 Å². The van der Waals surface area contributed by atoms with Crippen LogP contribution in [0.2, 0.25) is 0 Å². The van der Waals surface area contributed by atoms with Crippen molar-refractivity contribution in [3.63, 3.8) is 0 Å². The SMILES string of the molecule is Cc1ccc(SCCOc2ccc(/C=C(\C#N)c3ccc([N+](=O)[O-])cc3)cc2)cc1. The Labute approximate surface area is 179 Å². The Morgan fingerprint density at radius 3 is 2.33 bits per heavy atom. The number of nitro groups is 1. The highest BCUT2D eigenvalue weighted by atomic mass is 32.2. The van der Waals surface area contributed by atoms with Gasteiger partial charge < -0.3 is 4.74 Å². The summed E-state index contributed by atoms with van der Waals surface area (Å²) in [6.45, 7) is 2.67. The molecule has 0 aliphatic rings. The molecule has 0 heterocycles. The number of nitro benzene ring substituents is 1. The second kappa shape index (κ2) is 10.3. The molecule has 0 saturated carbocycles. The predicted octanol–water partition coefficient (Wildman–Crippen LogP) is 6.14. The molecule has 0 amide bonds. The highest BCUT2D eigenvalue weighted by Gasteiger charge is 2.07. The molecule has 0 saturated heterocycles. The Morgan fingerprint density at radius 2 is 1.73 bits per heavy atom. The Hall–Kier alpha value is -3.56. The van der Waals surface area contributed by atoms with E-state index in [1.807, 2.05) is 24.3 Å². The summed E-state index contributed by atoms with van der Waals surface area (Å²) in [5, 5.41) is 20.2. The number of benzene rings is 3. The van der Waals surface area contributed by atoms with Gasteiger partial charge in [-0.15, -0.1) is 11.8 Å². The number of aryl methyl sites for hydroxylation is 1. The van der Waals surface area contributed by atoms with Gasteiger partial charge in [-0.25, -0.2) is 0 Å². The minimum atomic E-state index is -0.461. The summed E-state index contributed by atoms with van der Waals surface area (Å²) in [6, 6.07) is 24.0. The molecule has 3 rings (SSSR count). The molecule has 0 atom stereocenters. The highest BCUT2D eigenvalue weighted by molar-refractivity contribution is 7.99. The number of nitriles is 1. The number of thioether (sulfide) groups is 1. The van der Waals surface area contributed by atoms with Crippen molar-refractivity contribution < 1.29 is 9.66 Å². The molecule has 0 aliphatic heterocycles. The van der Waals surface area contributed by atoms with Gasteiger partial charge in [0.05, 0.1) is 23.2 Å². The first-order chi connectivity index (χ1) is 14.5. The van der Waals surface area contributed by atoms with Crippen molar-refractivity contribution in [3.8, 4) is 11.8 Å². The number of nitrogens with zero attached hydrogens (tertiary/aromatic N) is 2. The molecule has 3 aromatic carbocycles. The highest BCUT2D eigenvalue weighted by Crippen LogP contribution is 2.23. The summed E-state index contributed by atoms with van der Waals surface area (Å²) in [5.41, 5.74) is 3.17. The molecule has 0 N–H and O–H groups in total. The molecule has 6 heteroatoms. The molecule has 0 fully saturated rings. The maximum atomic E-state index is 10.8. The van der Waals surface area contributed by atoms with Gasteiger partial charge >= 0.3 is 0 Å². The predicted molar refractivity (Wildman–Crippen MR) is 120 cm³/mol. The van der Waals surface area contributed by atoms with E-state index in [0.29, 0.717) is 17.7 Å². The average Bonchev–Trinajstić information content (AvgIpc) is 2.77. The third-order valence-corrected chi connectivity index (χ3v) is 5.32. The fraction of sp³-hybridized carbons (Fsp3) is 0.125. The molecule has 5 nitrogen and oxygen atoms in total. The van der Waals surface area contributed by atoms with Gasteiger partial charge in [0.2, 0.25) is 0 Å². The van der Waals surface area contributed by atoms with Gasteiger partial charge in [0.15, 0.2) is 0 Å². The van der Waals surface area contributed by atoms with Gasteiger partial charge in [-0.3, -0.25) is 10.1 Å². The van der Waals surface area contributed by atoms with Crippen molar-refractivity contribution >= 4 is 29.1 Å². The molecule has 0 unspecified atom stereocenters. The number of non-ortho nitro benzene ring substituents is 1. The lowest BCUT2D eigenvalue weighted by Gasteiger charge is -2.07. The van der Waals surface area contributed by atoms with E-state index in [4.69, 9.17) is 4.74 Å². The summed E-state index contributed by atoms with van der Waals surface area (Å²) < 4.78 is 5.79. The standard InChI is InChI=1S/C24H20N2O3S/c1-18-2-12-24(13-3-18)30-15-14-29-23-10-4-19(5-11-23)16-21(17-25)20-6-8-22(9-7-20)26(27)28/h2-13,16H,14-15H2,1H3/b21-16+. The van der Waals surface area contributed by atoms with Crippen molar-refractivity contribution in [2.45, 2.75) is 11.8 Å². The third-order valence-electron chi connectivity index (χ3n) is 4.34. The smallest absolute Gasteiger partial charge is 0.269 e. The summed E-state index contributed by atoms with van der Waals surface area (Å²) in [5.74, 6) is 1.62. The number of hydrogen-bond acceptors (Lipinski definition) is 5. The summed E-state index contributed by atoms with van der Waals surface area (Å²) in [6.07, 6.45) is 1.75. The van der Waals surface area contributed by atoms with E-state index in [0.717, 1.165) is 17.1 Å². The first-order valence-electron chi connectivity index (χ1n) is 9.34. The maximum Gasteiger partial charge on any atom is 0.269 e. The zero-order valence-electron chi connectivity index (χ0n) is 16.4. The summed E-state index contributed by atoms with van der Waals surface area (Å²) in [7, 11) is 0.